The Morgan fingerprint density at radius 2 is 1.43 bits per heavy atom. The van der Waals surface area contributed by atoms with E-state index in [0.29, 0.717) is 28.4 Å². The van der Waals surface area contributed by atoms with Gasteiger partial charge in [0.1, 0.15) is 11.5 Å². The SMILES string of the molecule is CC(C)NC(=O)Nc1ccc(Oc2ccc(NC(=O)c3ccc(-n4cc(CN5CCC(O)CC5)c5ccccc54)cc3)cc2)cc1. The van der Waals surface area contributed by atoms with Gasteiger partial charge in [0.2, 0.25) is 0 Å². The van der Waals surface area contributed by atoms with Crippen LogP contribution in [-0.2, 0) is 6.54 Å². The Hall–Kier alpha value is -5.12. The fourth-order valence-electron chi connectivity index (χ4n) is 5.66. The standard InChI is InChI=1S/C37H39N5O4/c1-25(2)38-37(45)40-29-11-17-33(18-12-29)46-32-15-9-28(10-16-32)39-36(44)26-7-13-30(14-8-26)42-24-27(34-5-3-4-6-35(34)42)23-41-21-19-31(43)20-22-41/h3-18,24-25,31,43H,19-23H2,1-2H3,(H,39,44)(H2,38,40,45). The highest BCUT2D eigenvalue weighted by Gasteiger charge is 2.19. The predicted octanol–water partition coefficient (Wildman–Crippen LogP) is 7.16. The number of nitrogens with one attached hydrogen (secondary N) is 3. The first-order valence-electron chi connectivity index (χ1n) is 15.7. The Morgan fingerprint density at radius 1 is 0.826 bits per heavy atom. The second-order valence-corrected chi connectivity index (χ2v) is 12.0. The summed E-state index contributed by atoms with van der Waals surface area (Å²) in [5, 5.41) is 19.6. The normalized spacial score (nSPS) is 13.9. The number of urea groups is 1. The number of benzene rings is 4. The average Bonchev–Trinajstić information content (AvgIpc) is 3.42. The second-order valence-electron chi connectivity index (χ2n) is 12.0. The molecule has 0 atom stereocenters. The van der Waals surface area contributed by atoms with E-state index in [9.17, 15) is 14.7 Å². The fraction of sp³-hybridized carbons (Fsp3) is 0.243. The molecule has 46 heavy (non-hydrogen) atoms. The van der Waals surface area contributed by atoms with Crippen LogP contribution in [0, 0.1) is 0 Å². The molecule has 0 aliphatic carbocycles. The van der Waals surface area contributed by atoms with Crippen LogP contribution in [0.5, 0.6) is 11.5 Å². The number of aromatic nitrogens is 1. The molecular formula is C37H39N5O4. The van der Waals surface area contributed by atoms with E-state index in [1.165, 1.54) is 10.9 Å². The largest absolute Gasteiger partial charge is 0.457 e. The first-order valence-corrected chi connectivity index (χ1v) is 15.7. The predicted molar refractivity (Wildman–Crippen MR) is 182 cm³/mol. The van der Waals surface area contributed by atoms with Gasteiger partial charge in [-0.2, -0.15) is 0 Å². The molecule has 0 saturated carbocycles. The Morgan fingerprint density at radius 3 is 2.07 bits per heavy atom. The smallest absolute Gasteiger partial charge is 0.319 e. The molecule has 1 aliphatic rings. The molecule has 9 heteroatoms. The summed E-state index contributed by atoms with van der Waals surface area (Å²) in [5.41, 5.74) is 5.24. The molecule has 1 saturated heterocycles. The van der Waals surface area contributed by atoms with E-state index in [0.717, 1.165) is 43.7 Å². The number of likely N-dealkylation sites (tertiary alicyclic amines) is 1. The summed E-state index contributed by atoms with van der Waals surface area (Å²) in [6, 6.07) is 30.1. The van der Waals surface area contributed by atoms with E-state index in [1.807, 2.05) is 44.2 Å². The van der Waals surface area contributed by atoms with E-state index in [-0.39, 0.29) is 24.1 Å². The third-order valence-corrected chi connectivity index (χ3v) is 8.03. The van der Waals surface area contributed by atoms with Crippen molar-refractivity contribution in [3.05, 3.63) is 114 Å². The van der Waals surface area contributed by atoms with E-state index < -0.39 is 0 Å². The molecule has 0 unspecified atom stereocenters. The highest BCUT2D eigenvalue weighted by molar-refractivity contribution is 6.04. The van der Waals surface area contributed by atoms with Crippen LogP contribution in [0.1, 0.15) is 42.6 Å². The maximum Gasteiger partial charge on any atom is 0.319 e. The molecule has 0 spiro atoms. The lowest BCUT2D eigenvalue weighted by Crippen LogP contribution is -2.35. The van der Waals surface area contributed by atoms with Crippen molar-refractivity contribution < 1.29 is 19.4 Å². The monoisotopic (exact) mass is 617 g/mol. The van der Waals surface area contributed by atoms with Crippen molar-refractivity contribution >= 4 is 34.2 Å². The van der Waals surface area contributed by atoms with Crippen molar-refractivity contribution in [1.82, 2.24) is 14.8 Å². The number of hydrogen-bond donors (Lipinski definition) is 4. The van der Waals surface area contributed by atoms with Gasteiger partial charge in [-0.3, -0.25) is 9.69 Å². The van der Waals surface area contributed by atoms with Gasteiger partial charge in [-0.05, 0) is 111 Å². The zero-order valence-electron chi connectivity index (χ0n) is 26.1. The number of nitrogens with zero attached hydrogens (tertiary/aromatic N) is 2. The van der Waals surface area contributed by atoms with Crippen LogP contribution in [0.2, 0.25) is 0 Å². The maximum absolute atomic E-state index is 13.1. The molecule has 0 radical (unpaired) electrons. The highest BCUT2D eigenvalue weighted by Crippen LogP contribution is 2.28. The second kappa shape index (κ2) is 13.9. The summed E-state index contributed by atoms with van der Waals surface area (Å²) >= 11 is 0. The summed E-state index contributed by atoms with van der Waals surface area (Å²) in [6.07, 6.45) is 3.63. The average molecular weight is 618 g/mol. The lowest BCUT2D eigenvalue weighted by atomic mass is 10.1. The Kier molecular flexibility index (Phi) is 9.33. The minimum Gasteiger partial charge on any atom is -0.457 e. The summed E-state index contributed by atoms with van der Waals surface area (Å²) < 4.78 is 8.10. The van der Waals surface area contributed by atoms with Gasteiger partial charge < -0.3 is 30.4 Å². The topological polar surface area (TPSA) is 108 Å². The van der Waals surface area contributed by atoms with Crippen molar-refractivity contribution in [2.24, 2.45) is 0 Å². The number of aliphatic hydroxyl groups is 1. The number of fused-ring (bicyclic) bond motifs is 1. The molecule has 9 nitrogen and oxygen atoms in total. The molecule has 1 aliphatic heterocycles. The quantitative estimate of drug-likeness (QED) is 0.140. The zero-order valence-corrected chi connectivity index (χ0v) is 26.1. The Bertz CT molecular complexity index is 1790. The number of hydrogen-bond acceptors (Lipinski definition) is 5. The lowest BCUT2D eigenvalue weighted by Gasteiger charge is -2.29. The molecule has 0 bridgehead atoms. The van der Waals surface area contributed by atoms with E-state index in [4.69, 9.17) is 4.74 Å². The number of ether oxygens (including phenoxy) is 1. The molecule has 236 valence electrons. The minimum atomic E-state index is -0.257. The summed E-state index contributed by atoms with van der Waals surface area (Å²) in [4.78, 5) is 27.3. The van der Waals surface area contributed by atoms with Crippen LogP contribution >= 0.6 is 0 Å². The van der Waals surface area contributed by atoms with Gasteiger partial charge in [-0.25, -0.2) is 4.79 Å². The molecule has 4 aromatic carbocycles. The maximum atomic E-state index is 13.1. The number of rotatable bonds is 9. The third kappa shape index (κ3) is 7.56. The van der Waals surface area contributed by atoms with Gasteiger partial charge in [0.25, 0.3) is 5.91 Å². The zero-order chi connectivity index (χ0) is 32.0. The van der Waals surface area contributed by atoms with E-state index >= 15 is 0 Å². The van der Waals surface area contributed by atoms with Gasteiger partial charge >= 0.3 is 6.03 Å². The summed E-state index contributed by atoms with van der Waals surface area (Å²) in [7, 11) is 0. The number of carbonyl (C=O) groups excluding carboxylic acids is 2. The van der Waals surface area contributed by atoms with Crippen LogP contribution in [0.4, 0.5) is 16.2 Å². The first-order chi connectivity index (χ1) is 22.3. The van der Waals surface area contributed by atoms with Gasteiger partial charge in [0.05, 0.1) is 11.6 Å². The molecule has 1 fully saturated rings. The van der Waals surface area contributed by atoms with Gasteiger partial charge in [0, 0.05) is 59.9 Å². The van der Waals surface area contributed by atoms with Crippen molar-refractivity contribution in [3.8, 4) is 17.2 Å². The van der Waals surface area contributed by atoms with Gasteiger partial charge in [-0.1, -0.05) is 18.2 Å². The number of carbonyl (C=O) groups is 2. The molecular weight excluding hydrogens is 578 g/mol. The highest BCUT2D eigenvalue weighted by atomic mass is 16.5. The van der Waals surface area contributed by atoms with Gasteiger partial charge in [-0.15, -0.1) is 0 Å². The Labute approximate surface area is 268 Å². The number of amides is 3. The van der Waals surface area contributed by atoms with Crippen LogP contribution in [0.3, 0.4) is 0 Å². The minimum absolute atomic E-state index is 0.0497. The van der Waals surface area contributed by atoms with Crippen LogP contribution in [-0.4, -0.2) is 51.7 Å². The first kappa shape index (κ1) is 30.9. The van der Waals surface area contributed by atoms with Crippen molar-refractivity contribution in [2.75, 3.05) is 23.7 Å². The molecule has 4 N–H and O–H groups in total. The van der Waals surface area contributed by atoms with Crippen LogP contribution in [0.25, 0.3) is 16.6 Å². The van der Waals surface area contributed by atoms with Crippen molar-refractivity contribution in [2.45, 2.75) is 45.4 Å². The number of anilines is 2. The molecule has 1 aromatic heterocycles. The lowest BCUT2D eigenvalue weighted by molar-refractivity contribution is 0.0794. The van der Waals surface area contributed by atoms with Crippen LogP contribution < -0.4 is 20.7 Å². The fourth-order valence-corrected chi connectivity index (χ4v) is 5.66. The number of piperidine rings is 1. The molecule has 6 rings (SSSR count). The Balaban J connectivity index is 1.07. The van der Waals surface area contributed by atoms with Crippen molar-refractivity contribution in [3.63, 3.8) is 0 Å². The summed E-state index contributed by atoms with van der Waals surface area (Å²) in [6.45, 7) is 6.43. The summed E-state index contributed by atoms with van der Waals surface area (Å²) in [5.74, 6) is 1.05. The van der Waals surface area contributed by atoms with Gasteiger partial charge in [0.15, 0.2) is 0 Å². The van der Waals surface area contributed by atoms with Crippen molar-refractivity contribution in [1.29, 1.82) is 0 Å². The molecule has 3 amide bonds. The van der Waals surface area contributed by atoms with E-state index in [2.05, 4.69) is 49.8 Å². The number of aliphatic hydroxyl groups excluding tert-OH is 1. The molecule has 2 heterocycles. The van der Waals surface area contributed by atoms with Crippen LogP contribution in [0.15, 0.2) is 103 Å². The van der Waals surface area contributed by atoms with E-state index in [1.54, 1.807) is 48.5 Å². The molecule has 5 aromatic rings. The third-order valence-electron chi connectivity index (χ3n) is 8.03. The number of para-hydroxylation sites is 1.